The largest absolute Gasteiger partial charge is 0.444 e. The summed E-state index contributed by atoms with van der Waals surface area (Å²) in [6.07, 6.45) is 1.02. The molecule has 0 radical (unpaired) electrons. The first-order valence-corrected chi connectivity index (χ1v) is 10.5. The summed E-state index contributed by atoms with van der Waals surface area (Å²) >= 11 is 0. The highest BCUT2D eigenvalue weighted by molar-refractivity contribution is 6.04. The number of esters is 1. The molecule has 2 aliphatic rings. The fourth-order valence-corrected chi connectivity index (χ4v) is 3.87. The summed E-state index contributed by atoms with van der Waals surface area (Å²) in [5.74, 6) is -0.519. The van der Waals surface area contributed by atoms with Gasteiger partial charge in [-0.2, -0.15) is 0 Å². The number of carbonyl (C=O) groups is 2. The number of hydrogen-bond acceptors (Lipinski definition) is 7. The molecule has 0 N–H and O–H groups in total. The summed E-state index contributed by atoms with van der Waals surface area (Å²) in [6, 6.07) is 10.8. The number of pyridine rings is 1. The molecule has 2 fully saturated rings. The van der Waals surface area contributed by atoms with E-state index in [-0.39, 0.29) is 5.91 Å². The van der Waals surface area contributed by atoms with Crippen molar-refractivity contribution in [2.24, 2.45) is 0 Å². The van der Waals surface area contributed by atoms with Gasteiger partial charge in [0, 0.05) is 30.3 Å². The molecule has 31 heavy (non-hydrogen) atoms. The molecular formula is C23H23N3O5. The maximum absolute atomic E-state index is 13.4. The van der Waals surface area contributed by atoms with Crippen molar-refractivity contribution in [3.63, 3.8) is 0 Å². The Hall–Kier alpha value is -3.26. The maximum Gasteiger partial charge on any atom is 0.340 e. The predicted molar refractivity (Wildman–Crippen MR) is 111 cm³/mol. The van der Waals surface area contributed by atoms with Crippen LogP contribution in [0.4, 0.5) is 0 Å². The van der Waals surface area contributed by atoms with Gasteiger partial charge >= 0.3 is 5.97 Å². The molecule has 160 valence electrons. The first-order chi connectivity index (χ1) is 15.1. The number of fused-ring (bicyclic) bond motifs is 1. The van der Waals surface area contributed by atoms with Crippen LogP contribution in [0.2, 0.25) is 0 Å². The second-order valence-corrected chi connectivity index (χ2v) is 7.95. The van der Waals surface area contributed by atoms with Gasteiger partial charge in [-0.25, -0.2) is 9.78 Å². The molecule has 1 aliphatic heterocycles. The van der Waals surface area contributed by atoms with Gasteiger partial charge in [-0.1, -0.05) is 35.5 Å². The number of benzene rings is 1. The van der Waals surface area contributed by atoms with Gasteiger partial charge in [0.1, 0.15) is 0 Å². The lowest BCUT2D eigenvalue weighted by Gasteiger charge is -2.30. The molecule has 1 aliphatic carbocycles. The second-order valence-electron chi connectivity index (χ2n) is 7.95. The van der Waals surface area contributed by atoms with E-state index >= 15 is 0 Å². The van der Waals surface area contributed by atoms with Crippen LogP contribution in [0.1, 0.15) is 52.2 Å². The highest BCUT2D eigenvalue weighted by Gasteiger charge is 2.33. The van der Waals surface area contributed by atoms with Crippen LogP contribution < -0.4 is 0 Å². The number of hydrogen-bond donors (Lipinski definition) is 0. The minimum atomic E-state index is -1.04. The molecule has 1 atom stereocenters. The van der Waals surface area contributed by atoms with Gasteiger partial charge < -0.3 is 18.9 Å². The number of morpholine rings is 1. The molecule has 0 bridgehead atoms. The van der Waals surface area contributed by atoms with Crippen molar-refractivity contribution >= 4 is 23.0 Å². The molecule has 8 nitrogen and oxygen atoms in total. The van der Waals surface area contributed by atoms with E-state index in [4.69, 9.17) is 14.0 Å². The normalized spacial score (nSPS) is 17.5. The fraction of sp³-hybridized carbons (Fsp3) is 0.391. The fourth-order valence-electron chi connectivity index (χ4n) is 3.87. The van der Waals surface area contributed by atoms with Gasteiger partial charge in [0.15, 0.2) is 0 Å². The number of carbonyl (C=O) groups excluding carboxylic acids is 2. The average molecular weight is 421 g/mol. The van der Waals surface area contributed by atoms with Crippen LogP contribution in [0.3, 0.4) is 0 Å². The molecule has 8 heteroatoms. The van der Waals surface area contributed by atoms with Crippen LogP contribution >= 0.6 is 0 Å². The number of rotatable bonds is 5. The summed E-state index contributed by atoms with van der Waals surface area (Å²) in [4.78, 5) is 32.8. The van der Waals surface area contributed by atoms with Crippen molar-refractivity contribution < 1.29 is 23.6 Å². The molecule has 1 amide bonds. The highest BCUT2D eigenvalue weighted by atomic mass is 16.5. The number of amides is 1. The predicted octanol–water partition coefficient (Wildman–Crippen LogP) is 3.17. The van der Waals surface area contributed by atoms with Crippen molar-refractivity contribution in [3.05, 3.63) is 58.9 Å². The Bertz CT molecular complexity index is 1120. The lowest BCUT2D eigenvalue weighted by molar-refractivity contribution is -0.145. The summed E-state index contributed by atoms with van der Waals surface area (Å²) in [5.41, 5.74) is 2.65. The third-order valence-electron chi connectivity index (χ3n) is 5.73. The molecule has 1 aromatic carbocycles. The van der Waals surface area contributed by atoms with E-state index in [0.29, 0.717) is 60.1 Å². The van der Waals surface area contributed by atoms with Crippen LogP contribution in [0, 0.1) is 6.92 Å². The quantitative estimate of drug-likeness (QED) is 0.584. The maximum atomic E-state index is 13.4. The standard InChI is InChI=1S/C23H23N3O5/c1-14-19-17(13-18(15-7-8-15)24-21(19)31-25-14)23(28)30-20(16-5-3-2-4-6-16)22(27)26-9-11-29-12-10-26/h2-6,13,15,20H,7-12H2,1H3/t20-/m1/s1. The van der Waals surface area contributed by atoms with E-state index in [1.807, 2.05) is 18.2 Å². The first kappa shape index (κ1) is 19.7. The molecule has 1 saturated carbocycles. The lowest BCUT2D eigenvalue weighted by Crippen LogP contribution is -2.44. The molecule has 1 saturated heterocycles. The summed E-state index contributed by atoms with van der Waals surface area (Å²) in [7, 11) is 0. The zero-order valence-corrected chi connectivity index (χ0v) is 17.2. The molecule has 2 aromatic heterocycles. The lowest BCUT2D eigenvalue weighted by atomic mass is 10.1. The van der Waals surface area contributed by atoms with Gasteiger partial charge in [-0.15, -0.1) is 0 Å². The average Bonchev–Trinajstić information content (AvgIpc) is 3.60. The molecular weight excluding hydrogens is 398 g/mol. The van der Waals surface area contributed by atoms with E-state index < -0.39 is 12.1 Å². The van der Waals surface area contributed by atoms with Crippen molar-refractivity contribution in [1.82, 2.24) is 15.0 Å². The minimum absolute atomic E-state index is 0.252. The van der Waals surface area contributed by atoms with Crippen LogP contribution in [0.15, 0.2) is 40.9 Å². The van der Waals surface area contributed by atoms with Crippen LogP contribution in [-0.2, 0) is 14.3 Å². The molecule has 5 rings (SSSR count). The third-order valence-corrected chi connectivity index (χ3v) is 5.73. The zero-order valence-electron chi connectivity index (χ0n) is 17.2. The second kappa shape index (κ2) is 8.11. The zero-order chi connectivity index (χ0) is 21.4. The summed E-state index contributed by atoms with van der Waals surface area (Å²) < 4.78 is 16.5. The SMILES string of the molecule is Cc1noc2nc(C3CC3)cc(C(=O)O[C@@H](C(=O)N3CCOCC3)c3ccccc3)c12. The van der Waals surface area contributed by atoms with E-state index in [1.54, 1.807) is 30.0 Å². The van der Waals surface area contributed by atoms with Gasteiger partial charge in [-0.05, 0) is 25.8 Å². The Balaban J connectivity index is 1.50. The monoisotopic (exact) mass is 421 g/mol. The van der Waals surface area contributed by atoms with Gasteiger partial charge in [0.05, 0.1) is 29.9 Å². The van der Waals surface area contributed by atoms with Crippen LogP contribution in [-0.4, -0.2) is 53.2 Å². The van der Waals surface area contributed by atoms with Crippen molar-refractivity contribution in [3.8, 4) is 0 Å². The number of nitrogens with zero attached hydrogens (tertiary/aromatic N) is 3. The Kier molecular flexibility index (Phi) is 5.15. The van der Waals surface area contributed by atoms with E-state index in [2.05, 4.69) is 10.1 Å². The topological polar surface area (TPSA) is 94.8 Å². The number of ether oxygens (including phenoxy) is 2. The molecule has 0 spiro atoms. The number of aryl methyl sites for hydroxylation is 1. The van der Waals surface area contributed by atoms with E-state index in [0.717, 1.165) is 18.5 Å². The van der Waals surface area contributed by atoms with Crippen LogP contribution in [0.5, 0.6) is 0 Å². The highest BCUT2D eigenvalue weighted by Crippen LogP contribution is 2.40. The van der Waals surface area contributed by atoms with E-state index in [1.165, 1.54) is 0 Å². The first-order valence-electron chi connectivity index (χ1n) is 10.5. The Labute approximate surface area is 179 Å². The minimum Gasteiger partial charge on any atom is -0.444 e. The smallest absolute Gasteiger partial charge is 0.340 e. The van der Waals surface area contributed by atoms with Crippen LogP contribution in [0.25, 0.3) is 11.1 Å². The Morgan fingerprint density at radius 1 is 1.16 bits per heavy atom. The molecule has 3 heterocycles. The van der Waals surface area contributed by atoms with Gasteiger partial charge in [-0.3, -0.25) is 4.79 Å². The Morgan fingerprint density at radius 2 is 1.90 bits per heavy atom. The third kappa shape index (κ3) is 3.90. The molecule has 0 unspecified atom stereocenters. The van der Waals surface area contributed by atoms with Crippen molar-refractivity contribution in [1.29, 1.82) is 0 Å². The van der Waals surface area contributed by atoms with Crippen molar-refractivity contribution in [2.75, 3.05) is 26.3 Å². The van der Waals surface area contributed by atoms with Gasteiger partial charge in [0.2, 0.25) is 6.10 Å². The summed E-state index contributed by atoms with van der Waals surface area (Å²) in [6.45, 7) is 3.63. The van der Waals surface area contributed by atoms with Gasteiger partial charge in [0.25, 0.3) is 11.6 Å². The van der Waals surface area contributed by atoms with E-state index in [9.17, 15) is 9.59 Å². The number of aromatic nitrogens is 2. The molecule has 3 aromatic rings. The summed E-state index contributed by atoms with van der Waals surface area (Å²) in [5, 5.41) is 4.50. The Morgan fingerprint density at radius 3 is 2.61 bits per heavy atom. The van der Waals surface area contributed by atoms with Crippen molar-refractivity contribution in [2.45, 2.75) is 31.8 Å².